The molecule has 1 aliphatic carbocycles. The van der Waals surface area contributed by atoms with E-state index in [9.17, 15) is 0 Å². The van der Waals surface area contributed by atoms with Crippen LogP contribution in [-0.2, 0) is 5.41 Å². The van der Waals surface area contributed by atoms with Crippen LogP contribution in [0.25, 0.3) is 84.5 Å². The van der Waals surface area contributed by atoms with Gasteiger partial charge in [-0.3, -0.25) is 0 Å². The molecule has 0 aliphatic heterocycles. The van der Waals surface area contributed by atoms with E-state index in [1.54, 1.807) is 0 Å². The molecule has 0 N–H and O–H groups in total. The molecule has 318 valence electrons. The number of benzene rings is 11. The van der Waals surface area contributed by atoms with Gasteiger partial charge in [0, 0.05) is 57.3 Å². The Hall–Kier alpha value is -8.08. The van der Waals surface area contributed by atoms with E-state index >= 15 is 0 Å². The van der Waals surface area contributed by atoms with Crippen LogP contribution >= 0.6 is 22.7 Å². The Bertz CT molecular complexity index is 4030. The minimum atomic E-state index is -0.511. The molecule has 0 saturated heterocycles. The van der Waals surface area contributed by atoms with Crippen LogP contribution in [-0.4, -0.2) is 0 Å². The highest BCUT2D eigenvalue weighted by atomic mass is 32.1. The molecule has 2 aromatic heterocycles. The Balaban J connectivity index is 0.953. The summed E-state index contributed by atoms with van der Waals surface area (Å²) in [6.45, 7) is 0. The number of hydrogen-bond donors (Lipinski definition) is 0. The second-order valence-corrected chi connectivity index (χ2v) is 20.0. The minimum absolute atomic E-state index is 0.511. The fraction of sp³-hybridized carbons (Fsp3) is 0.0154. The van der Waals surface area contributed by atoms with E-state index in [0.29, 0.717) is 0 Å². The van der Waals surface area contributed by atoms with Crippen molar-refractivity contribution in [3.8, 4) is 33.4 Å². The largest absolute Gasteiger partial charge is 0.310 e. The molecule has 0 spiro atoms. The Morgan fingerprint density at radius 1 is 0.324 bits per heavy atom. The van der Waals surface area contributed by atoms with Gasteiger partial charge in [0.1, 0.15) is 0 Å². The van der Waals surface area contributed by atoms with Crippen molar-refractivity contribution >= 4 is 90.9 Å². The third kappa shape index (κ3) is 5.86. The van der Waals surface area contributed by atoms with Crippen molar-refractivity contribution in [1.82, 2.24) is 0 Å². The number of fused-ring (bicyclic) bond motifs is 11. The molecule has 68 heavy (non-hydrogen) atoms. The van der Waals surface area contributed by atoms with Crippen molar-refractivity contribution in [3.63, 3.8) is 0 Å². The van der Waals surface area contributed by atoms with Crippen LogP contribution in [0.2, 0.25) is 0 Å². The summed E-state index contributed by atoms with van der Waals surface area (Å²) in [5.41, 5.74) is 15.3. The predicted molar refractivity (Wildman–Crippen MR) is 293 cm³/mol. The summed E-state index contributed by atoms with van der Waals surface area (Å²) in [6.07, 6.45) is 0. The topological polar surface area (TPSA) is 3.24 Å². The molecule has 13 aromatic rings. The first-order valence-corrected chi connectivity index (χ1v) is 25.0. The zero-order valence-electron chi connectivity index (χ0n) is 36.9. The maximum absolute atomic E-state index is 2.48. The number of thiophene rings is 2. The molecule has 0 amide bonds. The van der Waals surface area contributed by atoms with Crippen LogP contribution in [0.4, 0.5) is 17.1 Å². The smallest absolute Gasteiger partial charge is 0.0714 e. The van der Waals surface area contributed by atoms with Gasteiger partial charge in [-0.25, -0.2) is 0 Å². The average Bonchev–Trinajstić information content (AvgIpc) is 4.08. The third-order valence-corrected chi connectivity index (χ3v) is 16.8. The highest BCUT2D eigenvalue weighted by Gasteiger charge is 2.47. The SMILES string of the molecule is c1ccc(C2(c3ccccc3)c3ccccc3-c3c(N(c4ccc(-c5ccc6c(c5)sc5ccccc56)cc4)c4ccc(-c5cccc6c5sc5c7ccccc7ccc65)cc4)cccc32)cc1. The minimum Gasteiger partial charge on any atom is -0.310 e. The molecule has 0 fully saturated rings. The van der Waals surface area contributed by atoms with Gasteiger partial charge in [0.15, 0.2) is 0 Å². The first kappa shape index (κ1) is 39.1. The Kier molecular flexibility index (Phi) is 8.92. The number of nitrogens with zero attached hydrogens (tertiary/aromatic N) is 1. The molecule has 1 nitrogen and oxygen atoms in total. The number of hydrogen-bond acceptors (Lipinski definition) is 3. The molecule has 11 aromatic carbocycles. The molecule has 2 heterocycles. The van der Waals surface area contributed by atoms with Gasteiger partial charge in [0.25, 0.3) is 0 Å². The summed E-state index contributed by atoms with van der Waals surface area (Å²) in [6, 6.07) is 92.5. The van der Waals surface area contributed by atoms with Gasteiger partial charge >= 0.3 is 0 Å². The molecule has 0 atom stereocenters. The number of anilines is 3. The normalized spacial score (nSPS) is 12.8. The van der Waals surface area contributed by atoms with Crippen LogP contribution in [0.1, 0.15) is 22.3 Å². The van der Waals surface area contributed by atoms with Gasteiger partial charge in [0.05, 0.1) is 11.1 Å². The second-order valence-electron chi connectivity index (χ2n) is 17.9. The first-order valence-electron chi connectivity index (χ1n) is 23.3. The average molecular weight is 900 g/mol. The van der Waals surface area contributed by atoms with Crippen molar-refractivity contribution in [1.29, 1.82) is 0 Å². The molecule has 0 unspecified atom stereocenters. The van der Waals surface area contributed by atoms with Crippen molar-refractivity contribution in [2.45, 2.75) is 5.41 Å². The van der Waals surface area contributed by atoms with E-state index in [1.807, 2.05) is 22.7 Å². The summed E-state index contributed by atoms with van der Waals surface area (Å²) in [5.74, 6) is 0. The van der Waals surface area contributed by atoms with Gasteiger partial charge in [-0.05, 0) is 103 Å². The van der Waals surface area contributed by atoms with E-state index in [2.05, 4.69) is 254 Å². The third-order valence-electron chi connectivity index (χ3n) is 14.4. The van der Waals surface area contributed by atoms with E-state index in [-0.39, 0.29) is 0 Å². The number of rotatable bonds is 7. The summed E-state index contributed by atoms with van der Waals surface area (Å²) in [5, 5.41) is 7.87. The quantitative estimate of drug-likeness (QED) is 0.154. The van der Waals surface area contributed by atoms with Crippen LogP contribution < -0.4 is 4.90 Å². The van der Waals surface area contributed by atoms with Gasteiger partial charge in [-0.15, -0.1) is 22.7 Å². The lowest BCUT2D eigenvalue weighted by Crippen LogP contribution is -2.28. The monoisotopic (exact) mass is 899 g/mol. The second kappa shape index (κ2) is 15.5. The molecule has 1 aliphatic rings. The van der Waals surface area contributed by atoms with Crippen molar-refractivity contribution in [2.75, 3.05) is 4.90 Å². The fourth-order valence-electron chi connectivity index (χ4n) is 11.3. The maximum atomic E-state index is 2.48. The van der Waals surface area contributed by atoms with E-state index in [0.717, 1.165) is 17.1 Å². The van der Waals surface area contributed by atoms with Crippen molar-refractivity contribution in [3.05, 3.63) is 271 Å². The van der Waals surface area contributed by atoms with Crippen LogP contribution in [0.3, 0.4) is 0 Å². The Morgan fingerprint density at radius 3 is 1.66 bits per heavy atom. The van der Waals surface area contributed by atoms with E-state index in [4.69, 9.17) is 0 Å². The summed E-state index contributed by atoms with van der Waals surface area (Å²) in [7, 11) is 0. The maximum Gasteiger partial charge on any atom is 0.0714 e. The zero-order chi connectivity index (χ0) is 44.8. The summed E-state index contributed by atoms with van der Waals surface area (Å²) < 4.78 is 5.31. The molecular formula is C65H41NS2. The zero-order valence-corrected chi connectivity index (χ0v) is 38.6. The predicted octanol–water partition coefficient (Wildman–Crippen LogP) is 18.7. The standard InChI is InChI=1S/C65H41NS2/c1-3-16-46(17-4-1)65(47-18-5-2-6-19-47)57-25-11-9-22-56(57)62-58(65)26-14-27-59(62)66(48-35-29-42(30-36-48)45-34-39-53-52-21-10-12-28-60(52)67-61(53)41-45)49-37-31-44(32-38-49)51-23-13-24-54-55-40-33-43-15-7-8-20-50(43)64(55)68-63(51)54/h1-41H. The van der Waals surface area contributed by atoms with E-state index < -0.39 is 5.41 Å². The van der Waals surface area contributed by atoms with Crippen LogP contribution in [0.5, 0.6) is 0 Å². The van der Waals surface area contributed by atoms with Crippen molar-refractivity contribution in [2.24, 2.45) is 0 Å². The lowest BCUT2D eigenvalue weighted by atomic mass is 9.68. The van der Waals surface area contributed by atoms with Crippen LogP contribution in [0.15, 0.2) is 249 Å². The fourth-order valence-corrected chi connectivity index (χ4v) is 13.9. The molecule has 0 saturated carbocycles. The Labute approximate surface area is 403 Å². The molecule has 0 radical (unpaired) electrons. The van der Waals surface area contributed by atoms with Gasteiger partial charge in [-0.2, -0.15) is 0 Å². The van der Waals surface area contributed by atoms with Gasteiger partial charge in [0.2, 0.25) is 0 Å². The van der Waals surface area contributed by atoms with E-state index in [1.165, 1.54) is 107 Å². The van der Waals surface area contributed by atoms with Gasteiger partial charge in [-0.1, -0.05) is 206 Å². The summed E-state index contributed by atoms with van der Waals surface area (Å²) >= 11 is 3.78. The van der Waals surface area contributed by atoms with Crippen molar-refractivity contribution < 1.29 is 0 Å². The molecule has 0 bridgehead atoms. The highest BCUT2D eigenvalue weighted by Crippen LogP contribution is 2.59. The summed E-state index contributed by atoms with van der Waals surface area (Å²) in [4.78, 5) is 2.48. The molecule has 14 rings (SSSR count). The Morgan fingerprint density at radius 2 is 0.882 bits per heavy atom. The van der Waals surface area contributed by atoms with Crippen LogP contribution in [0, 0.1) is 0 Å². The lowest BCUT2D eigenvalue weighted by Gasteiger charge is -2.34. The molecular weight excluding hydrogens is 859 g/mol. The van der Waals surface area contributed by atoms with Gasteiger partial charge < -0.3 is 4.90 Å². The highest BCUT2D eigenvalue weighted by molar-refractivity contribution is 7.27. The first-order chi connectivity index (χ1) is 33.7. The molecule has 3 heteroatoms. The lowest BCUT2D eigenvalue weighted by molar-refractivity contribution is 0.768.